The van der Waals surface area contributed by atoms with E-state index in [1.54, 1.807) is 0 Å². The van der Waals surface area contributed by atoms with Gasteiger partial charge in [0, 0.05) is 23.0 Å². The maximum Gasteiger partial charge on any atom is 0.332 e. The molecule has 6 nitrogen and oxygen atoms in total. The van der Waals surface area contributed by atoms with Crippen molar-refractivity contribution in [3.63, 3.8) is 0 Å². The van der Waals surface area contributed by atoms with Crippen LogP contribution in [0, 0.1) is 0 Å². The number of halogens is 1. The highest BCUT2D eigenvalue weighted by molar-refractivity contribution is 9.10. The van der Waals surface area contributed by atoms with E-state index in [2.05, 4.69) is 15.9 Å². The van der Waals surface area contributed by atoms with E-state index in [0.717, 1.165) is 13.9 Å². The standard InChI is InChI=1S/C16H18BrN3O3S/c1-3-8-20-14(18)13(15(22)19(2)16(20)23)12(21)9-24-11-6-4-10(17)5-7-11/h4-7H,3,8-9,18H2,1-2H3. The topological polar surface area (TPSA) is 87.1 Å². The number of Topliss-reactive ketones (excluding diaryl/α,β-unsaturated/α-hetero) is 1. The molecule has 2 N–H and O–H groups in total. The van der Waals surface area contributed by atoms with Gasteiger partial charge in [-0.1, -0.05) is 22.9 Å². The summed E-state index contributed by atoms with van der Waals surface area (Å²) in [6.45, 7) is 2.25. The zero-order valence-electron chi connectivity index (χ0n) is 13.4. The van der Waals surface area contributed by atoms with Gasteiger partial charge in [0.25, 0.3) is 5.56 Å². The molecular weight excluding hydrogens is 394 g/mol. The third kappa shape index (κ3) is 3.81. The van der Waals surface area contributed by atoms with Crippen molar-refractivity contribution >= 4 is 39.3 Å². The number of benzene rings is 1. The monoisotopic (exact) mass is 411 g/mol. The quantitative estimate of drug-likeness (QED) is 0.581. The summed E-state index contributed by atoms with van der Waals surface area (Å²) in [5, 5.41) is 0. The van der Waals surface area contributed by atoms with Crippen molar-refractivity contribution in [3.05, 3.63) is 55.1 Å². The van der Waals surface area contributed by atoms with Gasteiger partial charge in [-0.25, -0.2) is 4.79 Å². The van der Waals surface area contributed by atoms with Crippen LogP contribution in [0.1, 0.15) is 23.7 Å². The molecule has 0 saturated carbocycles. The fraction of sp³-hybridized carbons (Fsp3) is 0.312. The maximum atomic E-state index is 12.5. The molecule has 128 valence electrons. The molecule has 8 heteroatoms. The summed E-state index contributed by atoms with van der Waals surface area (Å²) in [5.41, 5.74) is 4.68. The van der Waals surface area contributed by atoms with Crippen molar-refractivity contribution in [3.8, 4) is 0 Å². The van der Waals surface area contributed by atoms with Crippen LogP contribution in [0.5, 0.6) is 0 Å². The molecule has 24 heavy (non-hydrogen) atoms. The lowest BCUT2D eigenvalue weighted by molar-refractivity contribution is 0.102. The Balaban J connectivity index is 2.33. The zero-order chi connectivity index (χ0) is 17.9. The molecule has 2 rings (SSSR count). The molecule has 2 aromatic rings. The van der Waals surface area contributed by atoms with E-state index in [-0.39, 0.29) is 22.9 Å². The number of anilines is 1. The van der Waals surface area contributed by atoms with Crippen LogP contribution < -0.4 is 17.0 Å². The Hall–Kier alpha value is -1.80. The Morgan fingerprint density at radius 3 is 2.46 bits per heavy atom. The van der Waals surface area contributed by atoms with Gasteiger partial charge in [-0.05, 0) is 30.7 Å². The molecule has 0 radical (unpaired) electrons. The molecule has 0 aliphatic carbocycles. The number of nitrogens with two attached hydrogens (primary N) is 1. The van der Waals surface area contributed by atoms with E-state index < -0.39 is 11.2 Å². The molecule has 0 saturated heterocycles. The van der Waals surface area contributed by atoms with Gasteiger partial charge < -0.3 is 5.73 Å². The lowest BCUT2D eigenvalue weighted by atomic mass is 10.2. The first-order valence-corrected chi connectivity index (χ1v) is 9.15. The van der Waals surface area contributed by atoms with E-state index in [0.29, 0.717) is 13.0 Å². The number of aromatic nitrogens is 2. The molecule has 0 atom stereocenters. The predicted molar refractivity (Wildman–Crippen MR) is 99.8 cm³/mol. The Labute approximate surface area is 151 Å². The van der Waals surface area contributed by atoms with Crippen molar-refractivity contribution < 1.29 is 4.79 Å². The fourth-order valence-electron chi connectivity index (χ4n) is 2.24. The second-order valence-corrected chi connectivity index (χ2v) is 7.19. The van der Waals surface area contributed by atoms with Gasteiger partial charge in [-0.2, -0.15) is 0 Å². The molecule has 1 aromatic heterocycles. The van der Waals surface area contributed by atoms with Gasteiger partial charge in [-0.15, -0.1) is 11.8 Å². The van der Waals surface area contributed by atoms with E-state index >= 15 is 0 Å². The van der Waals surface area contributed by atoms with Crippen molar-refractivity contribution in [1.82, 2.24) is 9.13 Å². The highest BCUT2D eigenvalue weighted by Crippen LogP contribution is 2.22. The number of thioether (sulfide) groups is 1. The number of carbonyl (C=O) groups is 1. The lowest BCUT2D eigenvalue weighted by Gasteiger charge is -2.13. The average molecular weight is 412 g/mol. The van der Waals surface area contributed by atoms with Crippen molar-refractivity contribution in [2.45, 2.75) is 24.8 Å². The number of ketones is 1. The highest BCUT2D eigenvalue weighted by Gasteiger charge is 2.21. The molecule has 0 bridgehead atoms. The van der Waals surface area contributed by atoms with E-state index in [1.807, 2.05) is 31.2 Å². The van der Waals surface area contributed by atoms with Gasteiger partial charge in [0.05, 0.1) is 5.75 Å². The molecule has 1 aromatic carbocycles. The summed E-state index contributed by atoms with van der Waals surface area (Å²) in [6.07, 6.45) is 0.670. The summed E-state index contributed by atoms with van der Waals surface area (Å²) in [5.74, 6) is -0.358. The number of hydrogen-bond donors (Lipinski definition) is 1. The summed E-state index contributed by atoms with van der Waals surface area (Å²) in [4.78, 5) is 37.8. The molecule has 0 amide bonds. The fourth-order valence-corrected chi connectivity index (χ4v) is 3.27. The normalized spacial score (nSPS) is 10.8. The minimum absolute atomic E-state index is 0.0497. The van der Waals surface area contributed by atoms with E-state index in [4.69, 9.17) is 5.73 Å². The number of rotatable bonds is 6. The summed E-state index contributed by atoms with van der Waals surface area (Å²) >= 11 is 4.67. The van der Waals surface area contributed by atoms with Crippen molar-refractivity contribution in [1.29, 1.82) is 0 Å². The lowest BCUT2D eigenvalue weighted by Crippen LogP contribution is -2.42. The molecule has 0 aliphatic heterocycles. The third-order valence-electron chi connectivity index (χ3n) is 3.49. The summed E-state index contributed by atoms with van der Waals surface area (Å²) < 4.78 is 3.16. The summed E-state index contributed by atoms with van der Waals surface area (Å²) in [6, 6.07) is 7.51. The van der Waals surface area contributed by atoms with Crippen molar-refractivity contribution in [2.75, 3.05) is 11.5 Å². The van der Waals surface area contributed by atoms with Crippen LogP contribution in [-0.2, 0) is 13.6 Å². The van der Waals surface area contributed by atoms with Crippen molar-refractivity contribution in [2.24, 2.45) is 7.05 Å². The van der Waals surface area contributed by atoms with Gasteiger partial charge in [-0.3, -0.25) is 18.7 Å². The second-order valence-electron chi connectivity index (χ2n) is 5.22. The summed E-state index contributed by atoms with van der Waals surface area (Å²) in [7, 11) is 1.36. The van der Waals surface area contributed by atoms with Crippen LogP contribution in [0.15, 0.2) is 43.2 Å². The predicted octanol–water partition coefficient (Wildman–Crippen LogP) is 2.28. The van der Waals surface area contributed by atoms with Crippen LogP contribution in [-0.4, -0.2) is 20.7 Å². The van der Waals surface area contributed by atoms with Crippen LogP contribution >= 0.6 is 27.7 Å². The SMILES string of the molecule is CCCn1c(N)c(C(=O)CSc2ccc(Br)cc2)c(=O)n(C)c1=O. The van der Waals surface area contributed by atoms with E-state index in [1.165, 1.54) is 23.4 Å². The molecule has 1 heterocycles. The number of carbonyl (C=O) groups excluding carboxylic acids is 1. The highest BCUT2D eigenvalue weighted by atomic mass is 79.9. The van der Waals surface area contributed by atoms with Crippen LogP contribution in [0.25, 0.3) is 0 Å². The number of hydrogen-bond acceptors (Lipinski definition) is 5. The second kappa shape index (κ2) is 7.85. The smallest absolute Gasteiger partial charge is 0.332 e. The first kappa shape index (κ1) is 18.5. The molecule has 0 aliphatic rings. The van der Waals surface area contributed by atoms with Crippen LogP contribution in [0.4, 0.5) is 5.82 Å². The Morgan fingerprint density at radius 1 is 1.25 bits per heavy atom. The minimum Gasteiger partial charge on any atom is -0.384 e. The van der Waals surface area contributed by atoms with Gasteiger partial charge in [0.15, 0.2) is 5.78 Å². The van der Waals surface area contributed by atoms with E-state index in [9.17, 15) is 14.4 Å². The molecular formula is C16H18BrN3O3S. The first-order valence-electron chi connectivity index (χ1n) is 7.37. The Kier molecular flexibility index (Phi) is 6.06. The zero-order valence-corrected chi connectivity index (χ0v) is 15.8. The maximum absolute atomic E-state index is 12.5. The molecule has 0 fully saturated rings. The van der Waals surface area contributed by atoms with Gasteiger partial charge >= 0.3 is 5.69 Å². The number of nitrogens with zero attached hydrogens (tertiary/aromatic N) is 2. The third-order valence-corrected chi connectivity index (χ3v) is 5.03. The van der Waals surface area contributed by atoms with Gasteiger partial charge in [0.1, 0.15) is 11.4 Å². The first-order chi connectivity index (χ1) is 11.4. The Bertz CT molecular complexity index is 872. The largest absolute Gasteiger partial charge is 0.384 e. The Morgan fingerprint density at radius 2 is 1.88 bits per heavy atom. The minimum atomic E-state index is -0.647. The number of nitrogen functional groups attached to an aromatic ring is 1. The molecule has 0 spiro atoms. The van der Waals surface area contributed by atoms with Crippen LogP contribution in [0.3, 0.4) is 0 Å². The average Bonchev–Trinajstić information content (AvgIpc) is 2.56. The van der Waals surface area contributed by atoms with Crippen LogP contribution in [0.2, 0.25) is 0 Å². The van der Waals surface area contributed by atoms with Gasteiger partial charge in [0.2, 0.25) is 0 Å². The molecule has 0 unspecified atom stereocenters.